The van der Waals surface area contributed by atoms with Crippen LogP contribution in [0.15, 0.2) is 35.9 Å². The van der Waals surface area contributed by atoms with Crippen molar-refractivity contribution in [3.8, 4) is 5.75 Å². The minimum absolute atomic E-state index is 0.206. The Hall–Kier alpha value is -1.91. The molecule has 1 aliphatic rings. The number of para-hydroxylation sites is 1. The zero-order valence-electron chi connectivity index (χ0n) is 9.94. The number of ether oxygens (including phenoxy) is 2. The molecule has 3 nitrogen and oxygen atoms in total. The lowest BCUT2D eigenvalue weighted by molar-refractivity contribution is -0.145. The Morgan fingerprint density at radius 2 is 1.94 bits per heavy atom. The van der Waals surface area contributed by atoms with Gasteiger partial charge in [0.15, 0.2) is 6.10 Å². The largest absolute Gasteiger partial charge is 0.496 e. The van der Waals surface area contributed by atoms with Crippen molar-refractivity contribution in [3.05, 3.63) is 41.5 Å². The van der Waals surface area contributed by atoms with Gasteiger partial charge in [0.2, 0.25) is 0 Å². The van der Waals surface area contributed by atoms with Crippen LogP contribution in [-0.4, -0.2) is 19.0 Å². The van der Waals surface area contributed by atoms with E-state index in [1.807, 2.05) is 0 Å². The quantitative estimate of drug-likeness (QED) is 0.612. The number of hydrogen-bond acceptors (Lipinski definition) is 3. The number of benzene rings is 1. The molecule has 0 N–H and O–H groups in total. The first-order chi connectivity index (χ1) is 8.45. The second-order valence-electron chi connectivity index (χ2n) is 3.95. The average molecular weight is 254 g/mol. The molecule has 0 bridgehead atoms. The molecule has 18 heavy (non-hydrogen) atoms. The molecule has 1 aromatic rings. The second kappa shape index (κ2) is 4.40. The molecule has 5 heteroatoms. The molecule has 0 fully saturated rings. The number of alkyl halides is 2. The number of esters is 1. The van der Waals surface area contributed by atoms with Crippen LogP contribution in [0, 0.1) is 0 Å². The lowest BCUT2D eigenvalue weighted by Gasteiger charge is -2.18. The first-order valence-corrected chi connectivity index (χ1v) is 5.37. The Morgan fingerprint density at radius 1 is 1.33 bits per heavy atom. The van der Waals surface area contributed by atoms with Gasteiger partial charge in [-0.15, -0.1) is 0 Å². The summed E-state index contributed by atoms with van der Waals surface area (Å²) in [5, 5.41) is 0. The average Bonchev–Trinajstić information content (AvgIpc) is 2.95. The molecule has 0 aliphatic heterocycles. The first-order valence-electron chi connectivity index (χ1n) is 5.37. The van der Waals surface area contributed by atoms with Gasteiger partial charge in [0, 0.05) is 18.1 Å². The SMILES string of the molecule is COc1ccccc1C(OC(C)=O)C1=CC1(F)F. The van der Waals surface area contributed by atoms with E-state index in [1.165, 1.54) is 14.0 Å². The molecule has 1 aliphatic carbocycles. The van der Waals surface area contributed by atoms with E-state index < -0.39 is 18.0 Å². The van der Waals surface area contributed by atoms with Crippen LogP contribution in [0.5, 0.6) is 5.75 Å². The highest BCUT2D eigenvalue weighted by molar-refractivity contribution is 5.67. The molecule has 0 saturated heterocycles. The summed E-state index contributed by atoms with van der Waals surface area (Å²) in [5.41, 5.74) is 0.209. The molecule has 0 heterocycles. The number of carbonyl (C=O) groups excluding carboxylic acids is 1. The van der Waals surface area contributed by atoms with Gasteiger partial charge in [-0.05, 0) is 12.1 Å². The summed E-state index contributed by atoms with van der Waals surface area (Å²) in [4.78, 5) is 11.0. The van der Waals surface area contributed by atoms with Gasteiger partial charge in [-0.1, -0.05) is 18.2 Å². The topological polar surface area (TPSA) is 35.5 Å². The van der Waals surface area contributed by atoms with Crippen LogP contribution in [0.3, 0.4) is 0 Å². The molecule has 96 valence electrons. The molecular formula is C13H12F2O3. The molecule has 0 saturated carbocycles. The van der Waals surface area contributed by atoms with E-state index >= 15 is 0 Å². The third-order valence-electron chi connectivity index (χ3n) is 2.63. The van der Waals surface area contributed by atoms with E-state index in [4.69, 9.17) is 9.47 Å². The van der Waals surface area contributed by atoms with Crippen molar-refractivity contribution in [1.82, 2.24) is 0 Å². The molecule has 0 amide bonds. The van der Waals surface area contributed by atoms with Crippen molar-refractivity contribution in [1.29, 1.82) is 0 Å². The van der Waals surface area contributed by atoms with Gasteiger partial charge >= 0.3 is 5.97 Å². The second-order valence-corrected chi connectivity index (χ2v) is 3.95. The van der Waals surface area contributed by atoms with E-state index in [0.717, 1.165) is 6.08 Å². The Balaban J connectivity index is 2.35. The van der Waals surface area contributed by atoms with Crippen LogP contribution in [0.1, 0.15) is 18.6 Å². The van der Waals surface area contributed by atoms with Crippen molar-refractivity contribution < 1.29 is 23.0 Å². The standard InChI is InChI=1S/C13H12F2O3/c1-8(16)18-12(10-7-13(10,14)15)9-5-3-4-6-11(9)17-2/h3-7,12H,1-2H3. The van der Waals surface area contributed by atoms with Gasteiger partial charge in [0.05, 0.1) is 7.11 Å². The minimum atomic E-state index is -2.97. The maximum Gasteiger partial charge on any atom is 0.303 e. The Morgan fingerprint density at radius 3 is 2.44 bits per heavy atom. The van der Waals surface area contributed by atoms with Crippen LogP contribution in [-0.2, 0) is 9.53 Å². The number of halogens is 2. The molecule has 1 aromatic carbocycles. The Bertz CT molecular complexity index is 509. The van der Waals surface area contributed by atoms with Gasteiger partial charge < -0.3 is 9.47 Å². The smallest absolute Gasteiger partial charge is 0.303 e. The van der Waals surface area contributed by atoms with Gasteiger partial charge in [-0.25, -0.2) is 0 Å². The van der Waals surface area contributed by atoms with Gasteiger partial charge in [-0.2, -0.15) is 8.78 Å². The summed E-state index contributed by atoms with van der Waals surface area (Å²) in [7, 11) is 1.43. The highest BCUT2D eigenvalue weighted by Crippen LogP contribution is 2.50. The van der Waals surface area contributed by atoms with Gasteiger partial charge in [0.1, 0.15) is 5.75 Å². The summed E-state index contributed by atoms with van der Waals surface area (Å²) in [5.74, 6) is -3.18. The van der Waals surface area contributed by atoms with Crippen LogP contribution < -0.4 is 4.74 Å². The maximum absolute atomic E-state index is 13.1. The van der Waals surface area contributed by atoms with Crippen molar-refractivity contribution >= 4 is 5.97 Å². The summed E-state index contributed by atoms with van der Waals surface area (Å²) >= 11 is 0. The fourth-order valence-corrected chi connectivity index (χ4v) is 1.75. The highest BCUT2D eigenvalue weighted by Gasteiger charge is 2.51. The molecule has 1 atom stereocenters. The monoisotopic (exact) mass is 254 g/mol. The van der Waals surface area contributed by atoms with E-state index in [1.54, 1.807) is 24.3 Å². The third-order valence-corrected chi connectivity index (χ3v) is 2.63. The van der Waals surface area contributed by atoms with E-state index in [0.29, 0.717) is 11.3 Å². The van der Waals surface area contributed by atoms with Crippen molar-refractivity contribution in [3.63, 3.8) is 0 Å². The van der Waals surface area contributed by atoms with Crippen LogP contribution in [0.25, 0.3) is 0 Å². The Labute approximate surface area is 103 Å². The van der Waals surface area contributed by atoms with Crippen molar-refractivity contribution in [2.24, 2.45) is 0 Å². The normalized spacial score (nSPS) is 17.7. The highest BCUT2D eigenvalue weighted by atomic mass is 19.3. The fraction of sp³-hybridized carbons (Fsp3) is 0.308. The lowest BCUT2D eigenvalue weighted by atomic mass is 10.1. The first kappa shape index (κ1) is 12.5. The molecule has 1 unspecified atom stereocenters. The van der Waals surface area contributed by atoms with E-state index in [2.05, 4.69) is 0 Å². The Kier molecular flexibility index (Phi) is 3.07. The van der Waals surface area contributed by atoms with Crippen LogP contribution >= 0.6 is 0 Å². The molecule has 0 aromatic heterocycles. The van der Waals surface area contributed by atoms with Crippen molar-refractivity contribution in [2.45, 2.75) is 19.0 Å². The summed E-state index contributed by atoms with van der Waals surface area (Å²) in [6.45, 7) is 1.18. The fourth-order valence-electron chi connectivity index (χ4n) is 1.75. The predicted molar refractivity (Wildman–Crippen MR) is 60.5 cm³/mol. The predicted octanol–water partition coefficient (Wildman–Crippen LogP) is 2.87. The van der Waals surface area contributed by atoms with Gasteiger partial charge in [0.25, 0.3) is 5.92 Å². The number of methoxy groups -OCH3 is 1. The van der Waals surface area contributed by atoms with Gasteiger partial charge in [-0.3, -0.25) is 4.79 Å². The third kappa shape index (κ3) is 2.34. The van der Waals surface area contributed by atoms with Crippen LogP contribution in [0.2, 0.25) is 0 Å². The van der Waals surface area contributed by atoms with E-state index in [-0.39, 0.29) is 5.57 Å². The number of hydrogen-bond donors (Lipinski definition) is 0. The number of allylic oxidation sites excluding steroid dienone is 1. The zero-order chi connectivity index (χ0) is 13.3. The zero-order valence-corrected chi connectivity index (χ0v) is 9.94. The molecule has 2 rings (SSSR count). The molecular weight excluding hydrogens is 242 g/mol. The number of rotatable bonds is 4. The van der Waals surface area contributed by atoms with Crippen molar-refractivity contribution in [2.75, 3.05) is 7.11 Å². The summed E-state index contributed by atoms with van der Waals surface area (Å²) in [6.07, 6.45) is -0.304. The van der Waals surface area contributed by atoms with E-state index in [9.17, 15) is 13.6 Å². The minimum Gasteiger partial charge on any atom is -0.496 e. The molecule has 0 spiro atoms. The maximum atomic E-state index is 13.1. The van der Waals surface area contributed by atoms with Crippen LogP contribution in [0.4, 0.5) is 8.78 Å². The molecule has 0 radical (unpaired) electrons. The number of carbonyl (C=O) groups is 1. The summed E-state index contributed by atoms with van der Waals surface area (Å²) in [6, 6.07) is 6.62. The lowest BCUT2D eigenvalue weighted by Crippen LogP contribution is -2.13. The summed E-state index contributed by atoms with van der Waals surface area (Å²) < 4.78 is 36.2.